The zero-order chi connectivity index (χ0) is 15.4. The third-order valence-corrected chi connectivity index (χ3v) is 6.40. The summed E-state index contributed by atoms with van der Waals surface area (Å²) in [5.41, 5.74) is 0. The largest absolute Gasteiger partial charge is 0.480 e. The lowest BCUT2D eigenvalue weighted by Crippen LogP contribution is -2.39. The van der Waals surface area contributed by atoms with Crippen molar-refractivity contribution in [1.29, 1.82) is 0 Å². The van der Waals surface area contributed by atoms with E-state index in [1.165, 1.54) is 13.8 Å². The Kier molecular flexibility index (Phi) is 11.9. The van der Waals surface area contributed by atoms with Crippen molar-refractivity contribution in [1.82, 2.24) is 10.6 Å². The molecule has 6 nitrogen and oxygen atoms in total. The monoisotopic (exact) mass is 340 g/mol. The van der Waals surface area contributed by atoms with Crippen molar-refractivity contribution in [3.05, 3.63) is 0 Å². The van der Waals surface area contributed by atoms with Crippen LogP contribution in [-0.2, 0) is 14.4 Å². The molecule has 0 saturated heterocycles. The van der Waals surface area contributed by atoms with E-state index >= 15 is 0 Å². The van der Waals surface area contributed by atoms with E-state index in [0.29, 0.717) is 18.7 Å². The number of carboxylic acid groups (broad SMARTS) is 1. The van der Waals surface area contributed by atoms with E-state index in [1.54, 1.807) is 31.4 Å². The Morgan fingerprint density at radius 3 is 2.30 bits per heavy atom. The SMILES string of the molecule is CC(=O)NCCCSSSCC[C@H](NC(C)=O)C(=O)O. The van der Waals surface area contributed by atoms with Gasteiger partial charge in [-0.3, -0.25) is 9.59 Å². The normalized spacial score (nSPS) is 11.7. The van der Waals surface area contributed by atoms with E-state index in [1.807, 2.05) is 0 Å². The molecule has 1 atom stereocenters. The molecule has 0 aromatic rings. The number of aliphatic carboxylic acids is 1. The molecule has 0 aliphatic carbocycles. The summed E-state index contributed by atoms with van der Waals surface area (Å²) in [7, 11) is 4.84. The summed E-state index contributed by atoms with van der Waals surface area (Å²) in [5.74, 6) is 0.220. The first-order valence-corrected chi connectivity index (χ1v) is 9.91. The molecule has 0 spiro atoms. The van der Waals surface area contributed by atoms with E-state index < -0.39 is 12.0 Å². The molecule has 20 heavy (non-hydrogen) atoms. The van der Waals surface area contributed by atoms with Gasteiger partial charge in [-0.25, -0.2) is 4.79 Å². The highest BCUT2D eigenvalue weighted by Gasteiger charge is 2.17. The summed E-state index contributed by atoms with van der Waals surface area (Å²) < 4.78 is 0. The Morgan fingerprint density at radius 2 is 1.75 bits per heavy atom. The van der Waals surface area contributed by atoms with Gasteiger partial charge in [-0.2, -0.15) is 0 Å². The topological polar surface area (TPSA) is 95.5 Å². The van der Waals surface area contributed by atoms with Crippen LogP contribution < -0.4 is 10.6 Å². The van der Waals surface area contributed by atoms with Gasteiger partial charge in [0.2, 0.25) is 11.8 Å². The van der Waals surface area contributed by atoms with Crippen LogP contribution in [0.5, 0.6) is 0 Å². The third-order valence-electron chi connectivity index (χ3n) is 2.04. The molecule has 9 heteroatoms. The molecule has 0 aromatic carbocycles. The van der Waals surface area contributed by atoms with Crippen LogP contribution in [0.4, 0.5) is 0 Å². The van der Waals surface area contributed by atoms with Crippen LogP contribution in [0.15, 0.2) is 0 Å². The predicted molar refractivity (Wildman–Crippen MR) is 85.7 cm³/mol. The van der Waals surface area contributed by atoms with Gasteiger partial charge in [-0.1, -0.05) is 21.6 Å². The van der Waals surface area contributed by atoms with Crippen molar-refractivity contribution < 1.29 is 19.5 Å². The van der Waals surface area contributed by atoms with Crippen molar-refractivity contribution >= 4 is 49.2 Å². The van der Waals surface area contributed by atoms with Gasteiger partial charge in [0.25, 0.3) is 0 Å². The number of nitrogens with one attached hydrogen (secondary N) is 2. The lowest BCUT2D eigenvalue weighted by molar-refractivity contribution is -0.141. The van der Waals surface area contributed by atoms with Crippen LogP contribution in [0.2, 0.25) is 0 Å². The number of hydrogen-bond acceptors (Lipinski definition) is 6. The second-order valence-electron chi connectivity index (χ2n) is 3.93. The molecule has 0 bridgehead atoms. The summed E-state index contributed by atoms with van der Waals surface area (Å²) in [5, 5.41) is 14.0. The fourth-order valence-electron chi connectivity index (χ4n) is 1.17. The molecule has 0 aliphatic rings. The predicted octanol–water partition coefficient (Wildman–Crippen LogP) is 1.52. The fourth-order valence-corrected chi connectivity index (χ4v) is 5.06. The van der Waals surface area contributed by atoms with E-state index in [-0.39, 0.29) is 11.8 Å². The Bertz CT molecular complexity index is 329. The molecular formula is C11H20N2O4S3. The molecule has 0 heterocycles. The first-order valence-electron chi connectivity index (χ1n) is 6.09. The fraction of sp³-hybridized carbons (Fsp3) is 0.727. The number of rotatable bonds is 11. The maximum absolute atomic E-state index is 10.9. The molecule has 0 saturated carbocycles. The Hall–Kier alpha value is -0.540. The van der Waals surface area contributed by atoms with Gasteiger partial charge in [0.15, 0.2) is 0 Å². The average Bonchev–Trinajstić information content (AvgIpc) is 2.34. The number of carbonyl (C=O) groups excluding carboxylic acids is 2. The van der Waals surface area contributed by atoms with Crippen molar-refractivity contribution in [2.45, 2.75) is 32.7 Å². The molecule has 0 aromatic heterocycles. The Labute approximate surface area is 130 Å². The van der Waals surface area contributed by atoms with Crippen LogP contribution in [0.3, 0.4) is 0 Å². The minimum Gasteiger partial charge on any atom is -0.480 e. The molecule has 2 amide bonds. The van der Waals surface area contributed by atoms with Gasteiger partial charge in [-0.05, 0) is 22.7 Å². The van der Waals surface area contributed by atoms with Crippen LogP contribution in [-0.4, -0.2) is 47.0 Å². The van der Waals surface area contributed by atoms with E-state index in [2.05, 4.69) is 10.6 Å². The first-order chi connectivity index (χ1) is 9.43. The van der Waals surface area contributed by atoms with Crippen LogP contribution in [0, 0.1) is 0 Å². The molecule has 0 aliphatic heterocycles. The van der Waals surface area contributed by atoms with Gasteiger partial charge in [-0.15, -0.1) is 0 Å². The minimum absolute atomic E-state index is 0.0188. The highest BCUT2D eigenvalue weighted by molar-refractivity contribution is 9.09. The van der Waals surface area contributed by atoms with Gasteiger partial charge >= 0.3 is 5.97 Å². The van der Waals surface area contributed by atoms with Crippen LogP contribution in [0.25, 0.3) is 0 Å². The second-order valence-corrected chi connectivity index (χ2v) is 8.40. The zero-order valence-corrected chi connectivity index (χ0v) is 14.0. The summed E-state index contributed by atoms with van der Waals surface area (Å²) in [6.45, 7) is 3.48. The number of carboxylic acids is 1. The van der Waals surface area contributed by atoms with Crippen molar-refractivity contribution in [3.63, 3.8) is 0 Å². The summed E-state index contributed by atoms with van der Waals surface area (Å²) in [6.07, 6.45) is 1.31. The van der Waals surface area contributed by atoms with Crippen molar-refractivity contribution in [3.8, 4) is 0 Å². The standard InChI is InChI=1S/C11H20N2O4S3/c1-8(14)12-5-3-6-18-20-19-7-4-10(11(16)17)13-9(2)15/h10H,3-7H2,1-2H3,(H,12,14)(H,13,15)(H,16,17)/t10-/m0/s1. The molecular weight excluding hydrogens is 320 g/mol. The smallest absolute Gasteiger partial charge is 0.326 e. The number of carbonyl (C=O) groups is 3. The Morgan fingerprint density at radius 1 is 1.10 bits per heavy atom. The number of amides is 2. The zero-order valence-electron chi connectivity index (χ0n) is 11.5. The first kappa shape index (κ1) is 19.5. The molecule has 3 N–H and O–H groups in total. The minimum atomic E-state index is -1.01. The van der Waals surface area contributed by atoms with Crippen molar-refractivity contribution in [2.24, 2.45) is 0 Å². The van der Waals surface area contributed by atoms with Crippen LogP contribution in [0.1, 0.15) is 26.7 Å². The van der Waals surface area contributed by atoms with E-state index in [0.717, 1.165) is 12.2 Å². The highest BCUT2D eigenvalue weighted by Crippen LogP contribution is 2.35. The summed E-state index contributed by atoms with van der Waals surface area (Å²) in [4.78, 5) is 32.3. The van der Waals surface area contributed by atoms with Gasteiger partial charge in [0.1, 0.15) is 6.04 Å². The number of hydrogen-bond donors (Lipinski definition) is 3. The van der Waals surface area contributed by atoms with Gasteiger partial charge in [0.05, 0.1) is 0 Å². The van der Waals surface area contributed by atoms with E-state index in [9.17, 15) is 14.4 Å². The lowest BCUT2D eigenvalue weighted by atomic mass is 10.2. The van der Waals surface area contributed by atoms with Crippen LogP contribution >= 0.6 is 31.4 Å². The third kappa shape index (κ3) is 12.5. The maximum atomic E-state index is 10.9. The summed E-state index contributed by atoms with van der Waals surface area (Å²) >= 11 is 0. The molecule has 0 fully saturated rings. The van der Waals surface area contributed by atoms with E-state index in [4.69, 9.17) is 5.11 Å². The van der Waals surface area contributed by atoms with Crippen molar-refractivity contribution in [2.75, 3.05) is 18.1 Å². The second kappa shape index (κ2) is 12.2. The molecule has 0 rings (SSSR count). The van der Waals surface area contributed by atoms with Gasteiger partial charge < -0.3 is 15.7 Å². The molecule has 0 unspecified atom stereocenters. The average molecular weight is 340 g/mol. The lowest BCUT2D eigenvalue weighted by Gasteiger charge is -2.12. The highest BCUT2D eigenvalue weighted by atomic mass is 33.5. The maximum Gasteiger partial charge on any atom is 0.326 e. The quantitative estimate of drug-likeness (QED) is 0.388. The molecule has 0 radical (unpaired) electrons. The van der Waals surface area contributed by atoms with Gasteiger partial charge in [0, 0.05) is 31.9 Å². The molecule has 116 valence electrons. The Balaban J connectivity index is 3.48. The summed E-state index contributed by atoms with van der Waals surface area (Å²) in [6, 6.07) is -0.814.